The number of hydrogen-bond acceptors (Lipinski definition) is 4. The molecular formula is C23H29NO3S. The van der Waals surface area contributed by atoms with Crippen molar-refractivity contribution >= 4 is 28.2 Å². The molecule has 1 aliphatic carbocycles. The van der Waals surface area contributed by atoms with Crippen LogP contribution in [0.1, 0.15) is 69.2 Å². The van der Waals surface area contributed by atoms with Crippen LogP contribution < -0.4 is 5.32 Å². The molecule has 0 unspecified atom stereocenters. The first kappa shape index (κ1) is 20.6. The summed E-state index contributed by atoms with van der Waals surface area (Å²) < 4.78 is 5.30. The third-order valence-electron chi connectivity index (χ3n) is 5.33. The Bertz CT molecular complexity index is 874. The second-order valence-corrected chi connectivity index (χ2v) is 8.70. The zero-order valence-electron chi connectivity index (χ0n) is 17.2. The Balaban J connectivity index is 1.87. The van der Waals surface area contributed by atoms with Crippen LogP contribution in [0.5, 0.6) is 0 Å². The monoisotopic (exact) mass is 399 g/mol. The van der Waals surface area contributed by atoms with Crippen molar-refractivity contribution in [2.45, 2.75) is 66.2 Å². The minimum atomic E-state index is -0.320. The lowest BCUT2D eigenvalue weighted by Crippen LogP contribution is -2.18. The molecule has 1 amide bonds. The fraction of sp³-hybridized carbons (Fsp3) is 0.478. The van der Waals surface area contributed by atoms with Crippen LogP contribution in [0.15, 0.2) is 12.1 Å². The molecular weight excluding hydrogens is 370 g/mol. The van der Waals surface area contributed by atoms with E-state index in [4.69, 9.17) is 4.74 Å². The van der Waals surface area contributed by atoms with Crippen molar-refractivity contribution in [1.82, 2.24) is 0 Å². The molecule has 1 aromatic heterocycles. The number of amides is 1. The number of thiophene rings is 1. The number of rotatable bonds is 5. The lowest BCUT2D eigenvalue weighted by atomic mass is 9.97. The van der Waals surface area contributed by atoms with Gasteiger partial charge in [-0.3, -0.25) is 4.79 Å². The van der Waals surface area contributed by atoms with Crippen LogP contribution >= 0.6 is 11.3 Å². The lowest BCUT2D eigenvalue weighted by Gasteiger charge is -2.12. The van der Waals surface area contributed by atoms with Gasteiger partial charge in [0.15, 0.2) is 0 Å². The summed E-state index contributed by atoms with van der Waals surface area (Å²) in [7, 11) is 0. The van der Waals surface area contributed by atoms with Crippen molar-refractivity contribution in [2.75, 3.05) is 11.9 Å². The summed E-state index contributed by atoms with van der Waals surface area (Å²) in [4.78, 5) is 26.7. The van der Waals surface area contributed by atoms with Crippen LogP contribution in [0, 0.1) is 20.8 Å². The van der Waals surface area contributed by atoms with E-state index in [9.17, 15) is 9.59 Å². The first-order valence-electron chi connectivity index (χ1n) is 10.1. The van der Waals surface area contributed by atoms with Crippen LogP contribution in [-0.2, 0) is 28.8 Å². The number of fused-ring (bicyclic) bond motifs is 1. The number of nitrogens with one attached hydrogen (secondary N) is 1. The first-order valence-corrected chi connectivity index (χ1v) is 10.9. The van der Waals surface area contributed by atoms with Gasteiger partial charge in [0.2, 0.25) is 5.91 Å². The first-order chi connectivity index (χ1) is 13.4. The number of aryl methyl sites for hydroxylation is 4. The van der Waals surface area contributed by atoms with Gasteiger partial charge in [0.1, 0.15) is 5.00 Å². The molecule has 0 atom stereocenters. The van der Waals surface area contributed by atoms with Crippen molar-refractivity contribution in [3.63, 3.8) is 0 Å². The highest BCUT2D eigenvalue weighted by Crippen LogP contribution is 2.38. The highest BCUT2D eigenvalue weighted by atomic mass is 32.1. The number of hydrogen-bond donors (Lipinski definition) is 1. The quantitative estimate of drug-likeness (QED) is 0.548. The molecule has 1 N–H and O–H groups in total. The van der Waals surface area contributed by atoms with E-state index in [0.29, 0.717) is 23.6 Å². The van der Waals surface area contributed by atoms with Gasteiger partial charge in [-0.1, -0.05) is 24.1 Å². The van der Waals surface area contributed by atoms with Gasteiger partial charge in [-0.05, 0) is 75.6 Å². The highest BCUT2D eigenvalue weighted by molar-refractivity contribution is 7.17. The summed E-state index contributed by atoms with van der Waals surface area (Å²) in [5.74, 6) is -0.406. The number of carbonyl (C=O) groups is 2. The fourth-order valence-corrected chi connectivity index (χ4v) is 5.36. The molecule has 3 rings (SSSR count). The van der Waals surface area contributed by atoms with E-state index in [2.05, 4.69) is 24.4 Å². The summed E-state index contributed by atoms with van der Waals surface area (Å²) in [6.07, 6.45) is 5.54. The number of ether oxygens (including phenoxy) is 1. The van der Waals surface area contributed by atoms with Gasteiger partial charge in [0.05, 0.1) is 18.6 Å². The van der Waals surface area contributed by atoms with Crippen LogP contribution in [0.3, 0.4) is 0 Å². The molecule has 5 heteroatoms. The molecule has 1 aliphatic rings. The Morgan fingerprint density at radius 3 is 2.43 bits per heavy atom. The van der Waals surface area contributed by atoms with Crippen LogP contribution in [-0.4, -0.2) is 18.5 Å². The molecule has 1 aromatic carbocycles. The maximum absolute atomic E-state index is 12.8. The van der Waals surface area contributed by atoms with Crippen LogP contribution in [0.2, 0.25) is 0 Å². The van der Waals surface area contributed by atoms with Crippen molar-refractivity contribution in [2.24, 2.45) is 0 Å². The third-order valence-corrected chi connectivity index (χ3v) is 6.54. The summed E-state index contributed by atoms with van der Waals surface area (Å²) in [6, 6.07) is 4.21. The molecule has 4 nitrogen and oxygen atoms in total. The van der Waals surface area contributed by atoms with E-state index in [1.54, 1.807) is 11.3 Å². The number of carbonyl (C=O) groups excluding carboxylic acids is 2. The largest absolute Gasteiger partial charge is 0.462 e. The normalized spacial score (nSPS) is 13.6. The number of anilines is 1. The molecule has 0 fully saturated rings. The SMILES string of the molecule is CCOC(=O)c1c(NC(=O)Cc2c(C)cc(C)cc2C)sc2c1CCCCC2. The zero-order valence-corrected chi connectivity index (χ0v) is 18.1. The maximum atomic E-state index is 12.8. The zero-order chi connectivity index (χ0) is 20.3. The second-order valence-electron chi connectivity index (χ2n) is 7.59. The topological polar surface area (TPSA) is 55.4 Å². The van der Waals surface area contributed by atoms with E-state index in [1.165, 1.54) is 16.9 Å². The van der Waals surface area contributed by atoms with Crippen molar-refractivity contribution in [3.8, 4) is 0 Å². The Morgan fingerprint density at radius 1 is 1.07 bits per heavy atom. The minimum absolute atomic E-state index is 0.0861. The minimum Gasteiger partial charge on any atom is -0.462 e. The van der Waals surface area contributed by atoms with Crippen molar-refractivity contribution < 1.29 is 14.3 Å². The Morgan fingerprint density at radius 2 is 1.75 bits per heavy atom. The van der Waals surface area contributed by atoms with E-state index in [1.807, 2.05) is 20.8 Å². The van der Waals surface area contributed by atoms with Crippen molar-refractivity contribution in [3.05, 3.63) is 50.4 Å². The Labute approximate surface area is 171 Å². The number of esters is 1. The summed E-state index contributed by atoms with van der Waals surface area (Å²) in [5.41, 5.74) is 6.17. The molecule has 0 radical (unpaired) electrons. The van der Waals surface area contributed by atoms with Gasteiger partial charge in [0, 0.05) is 4.88 Å². The summed E-state index contributed by atoms with van der Waals surface area (Å²) in [6.45, 7) is 8.29. The second kappa shape index (κ2) is 8.91. The van der Waals surface area contributed by atoms with Gasteiger partial charge in [-0.2, -0.15) is 0 Å². The van der Waals surface area contributed by atoms with Crippen LogP contribution in [0.4, 0.5) is 5.00 Å². The number of benzene rings is 1. The third kappa shape index (κ3) is 4.46. The standard InChI is InChI=1S/C23H29NO3S/c1-5-27-23(26)21-17-9-7-6-8-10-19(17)28-22(21)24-20(25)13-18-15(3)11-14(2)12-16(18)4/h11-12H,5-10,13H2,1-4H3,(H,24,25). The predicted octanol–water partition coefficient (Wildman–Crippen LogP) is 5.30. The Hall–Kier alpha value is -2.14. The molecule has 150 valence electrons. The molecule has 0 saturated carbocycles. The molecule has 2 aromatic rings. The van der Waals surface area contributed by atoms with E-state index >= 15 is 0 Å². The predicted molar refractivity (Wildman–Crippen MR) is 115 cm³/mol. The van der Waals surface area contributed by atoms with Crippen LogP contribution in [0.25, 0.3) is 0 Å². The van der Waals surface area contributed by atoms with Gasteiger partial charge in [-0.15, -0.1) is 11.3 Å². The molecule has 0 saturated heterocycles. The molecule has 28 heavy (non-hydrogen) atoms. The van der Waals surface area contributed by atoms with E-state index in [-0.39, 0.29) is 11.9 Å². The average Bonchev–Trinajstić information content (AvgIpc) is 2.79. The molecule has 1 heterocycles. The maximum Gasteiger partial charge on any atom is 0.341 e. The van der Waals surface area contributed by atoms with Gasteiger partial charge in [0.25, 0.3) is 0 Å². The molecule has 0 spiro atoms. The van der Waals surface area contributed by atoms with E-state index < -0.39 is 0 Å². The van der Waals surface area contributed by atoms with Crippen molar-refractivity contribution in [1.29, 1.82) is 0 Å². The van der Waals surface area contributed by atoms with Gasteiger partial charge < -0.3 is 10.1 Å². The summed E-state index contributed by atoms with van der Waals surface area (Å²) >= 11 is 1.55. The van der Waals surface area contributed by atoms with Gasteiger partial charge in [-0.25, -0.2) is 4.79 Å². The molecule has 0 aliphatic heterocycles. The fourth-order valence-electron chi connectivity index (χ4n) is 4.07. The average molecular weight is 400 g/mol. The smallest absolute Gasteiger partial charge is 0.341 e. The Kier molecular flexibility index (Phi) is 6.55. The summed E-state index contributed by atoms with van der Waals surface area (Å²) in [5, 5.41) is 3.67. The van der Waals surface area contributed by atoms with Gasteiger partial charge >= 0.3 is 5.97 Å². The molecule has 0 bridgehead atoms. The lowest BCUT2D eigenvalue weighted by molar-refractivity contribution is -0.115. The highest BCUT2D eigenvalue weighted by Gasteiger charge is 2.26. The van der Waals surface area contributed by atoms with E-state index in [0.717, 1.165) is 47.9 Å².